The normalized spacial score (nSPS) is 11.7. The largest absolute Gasteiger partial charge is 0.490 e. The Balaban J connectivity index is 3.18. The second-order valence-corrected chi connectivity index (χ2v) is 4.84. The molecule has 0 aromatic heterocycles. The summed E-state index contributed by atoms with van der Waals surface area (Å²) in [4.78, 5) is 1.18. The topological polar surface area (TPSA) is 75.6 Å². The quantitative estimate of drug-likeness (QED) is 0.762. The summed E-state index contributed by atoms with van der Waals surface area (Å²) in [5, 5.41) is 8.51. The van der Waals surface area contributed by atoms with Crippen molar-refractivity contribution < 1.29 is 18.4 Å². The lowest BCUT2D eigenvalue weighted by atomic mass is 10.3. The molecule has 0 bridgehead atoms. The molecule has 5 nitrogen and oxygen atoms in total. The van der Waals surface area contributed by atoms with Gasteiger partial charge in [0.15, 0.2) is 0 Å². The smallest absolute Gasteiger partial charge is 0.265 e. The highest BCUT2D eigenvalue weighted by Crippen LogP contribution is 2.23. The van der Waals surface area contributed by atoms with Gasteiger partial charge in [-0.15, -0.1) is 0 Å². The van der Waals surface area contributed by atoms with E-state index in [2.05, 4.69) is 0 Å². The van der Waals surface area contributed by atoms with Gasteiger partial charge in [0, 0.05) is 0 Å². The molecule has 1 aromatic rings. The van der Waals surface area contributed by atoms with Crippen LogP contribution in [0, 0.1) is 0 Å². The molecule has 1 aromatic carbocycles. The zero-order chi connectivity index (χ0) is 11.5. The lowest BCUT2D eigenvalue weighted by Crippen LogP contribution is -2.21. The van der Waals surface area contributed by atoms with E-state index in [0.717, 1.165) is 0 Å². The van der Waals surface area contributed by atoms with Crippen molar-refractivity contribution in [3.8, 4) is 5.75 Å². The molecule has 0 aliphatic heterocycles. The van der Waals surface area contributed by atoms with Crippen LogP contribution in [0.2, 0.25) is 0 Å². The molecule has 0 spiro atoms. The van der Waals surface area contributed by atoms with Gasteiger partial charge in [-0.2, -0.15) is 0 Å². The maximum absolute atomic E-state index is 11.4. The lowest BCUT2D eigenvalue weighted by molar-refractivity contribution is 0.229. The number of para-hydroxylation sites is 1. The van der Waals surface area contributed by atoms with Crippen molar-refractivity contribution in [2.45, 2.75) is 24.8 Å². The van der Waals surface area contributed by atoms with E-state index in [-0.39, 0.29) is 16.7 Å². The molecule has 0 saturated heterocycles. The van der Waals surface area contributed by atoms with Gasteiger partial charge in [0.25, 0.3) is 10.0 Å². The fourth-order valence-corrected chi connectivity index (χ4v) is 1.81. The number of ether oxygens (including phenoxy) is 1. The molecule has 6 heteroatoms. The Kier molecular flexibility index (Phi) is 3.67. The van der Waals surface area contributed by atoms with Gasteiger partial charge >= 0.3 is 0 Å². The Hall–Kier alpha value is -1.11. The lowest BCUT2D eigenvalue weighted by Gasteiger charge is -2.13. The van der Waals surface area contributed by atoms with Crippen molar-refractivity contribution in [2.24, 2.45) is 0 Å². The Labute approximate surface area is 88.7 Å². The molecule has 2 N–H and O–H groups in total. The molecule has 0 heterocycles. The molecule has 15 heavy (non-hydrogen) atoms. The first kappa shape index (κ1) is 12.0. The minimum absolute atomic E-state index is 0.0822. The summed E-state index contributed by atoms with van der Waals surface area (Å²) in [6, 6.07) is 6.10. The standard InChI is InChI=1S/C9H13NO4S/c1-7(2)14-8-5-3-4-6-9(8)15(12,13)10-11/h3-7,10-11H,1-2H3. The Morgan fingerprint density at radius 2 is 1.93 bits per heavy atom. The van der Waals surface area contributed by atoms with E-state index in [9.17, 15) is 8.42 Å². The Morgan fingerprint density at radius 3 is 2.47 bits per heavy atom. The van der Waals surface area contributed by atoms with Crippen molar-refractivity contribution >= 4 is 10.0 Å². The van der Waals surface area contributed by atoms with E-state index in [4.69, 9.17) is 9.94 Å². The number of benzene rings is 1. The predicted octanol–water partition coefficient (Wildman–Crippen LogP) is 1.14. The zero-order valence-corrected chi connectivity index (χ0v) is 9.28. The van der Waals surface area contributed by atoms with Gasteiger partial charge < -0.3 is 9.94 Å². The molecule has 0 amide bonds. The number of hydrogen-bond donors (Lipinski definition) is 2. The van der Waals surface area contributed by atoms with Gasteiger partial charge in [0.2, 0.25) is 0 Å². The van der Waals surface area contributed by atoms with Crippen LogP contribution in [0.3, 0.4) is 0 Å². The summed E-state index contributed by atoms with van der Waals surface area (Å²) in [6.45, 7) is 3.57. The van der Waals surface area contributed by atoms with Crippen molar-refractivity contribution in [1.29, 1.82) is 0 Å². The van der Waals surface area contributed by atoms with Gasteiger partial charge in [-0.05, 0) is 26.0 Å². The molecule has 1 rings (SSSR count). The van der Waals surface area contributed by atoms with Crippen molar-refractivity contribution in [3.63, 3.8) is 0 Å². The molecule has 0 atom stereocenters. The number of rotatable bonds is 4. The predicted molar refractivity (Wildman–Crippen MR) is 54.3 cm³/mol. The first-order valence-electron chi connectivity index (χ1n) is 4.39. The molecule has 0 saturated carbocycles. The average Bonchev–Trinajstić information content (AvgIpc) is 2.17. The Morgan fingerprint density at radius 1 is 1.33 bits per heavy atom. The summed E-state index contributed by atoms with van der Waals surface area (Å²) in [5.41, 5.74) is 0. The number of sulfonamides is 1. The fraction of sp³-hybridized carbons (Fsp3) is 0.333. The zero-order valence-electron chi connectivity index (χ0n) is 8.47. The fourth-order valence-electron chi connectivity index (χ4n) is 1.07. The van der Waals surface area contributed by atoms with Crippen LogP contribution < -0.4 is 9.62 Å². The van der Waals surface area contributed by atoms with Crippen LogP contribution >= 0.6 is 0 Å². The molecular weight excluding hydrogens is 218 g/mol. The van der Waals surface area contributed by atoms with E-state index < -0.39 is 10.0 Å². The van der Waals surface area contributed by atoms with Crippen molar-refractivity contribution in [2.75, 3.05) is 0 Å². The van der Waals surface area contributed by atoms with E-state index >= 15 is 0 Å². The molecule has 0 aliphatic rings. The van der Waals surface area contributed by atoms with E-state index in [1.54, 1.807) is 26.0 Å². The van der Waals surface area contributed by atoms with Crippen LogP contribution in [0.5, 0.6) is 5.75 Å². The molecular formula is C9H13NO4S. The SMILES string of the molecule is CC(C)Oc1ccccc1S(=O)(=O)NO. The molecule has 0 fully saturated rings. The van der Waals surface area contributed by atoms with Gasteiger partial charge in [0.1, 0.15) is 10.6 Å². The summed E-state index contributed by atoms with van der Waals surface area (Å²) in [5.74, 6) is 0.217. The first-order valence-corrected chi connectivity index (χ1v) is 5.87. The number of nitrogens with one attached hydrogen (secondary N) is 1. The van der Waals surface area contributed by atoms with Crippen molar-refractivity contribution in [1.82, 2.24) is 4.89 Å². The monoisotopic (exact) mass is 231 g/mol. The highest BCUT2D eigenvalue weighted by Gasteiger charge is 2.18. The molecule has 0 radical (unpaired) electrons. The minimum atomic E-state index is -3.89. The molecule has 84 valence electrons. The third-order valence-corrected chi connectivity index (χ3v) is 2.78. The molecule has 0 aliphatic carbocycles. The molecule has 0 unspecified atom stereocenters. The van der Waals surface area contributed by atoms with Crippen LogP contribution in [0.15, 0.2) is 29.2 Å². The van der Waals surface area contributed by atoms with Crippen LogP contribution in [0.4, 0.5) is 0 Å². The second kappa shape index (κ2) is 4.61. The van der Waals surface area contributed by atoms with Gasteiger partial charge in [0.05, 0.1) is 6.10 Å². The second-order valence-electron chi connectivity index (χ2n) is 3.21. The van der Waals surface area contributed by atoms with Gasteiger partial charge in [-0.1, -0.05) is 17.0 Å². The highest BCUT2D eigenvalue weighted by atomic mass is 32.2. The summed E-state index contributed by atoms with van der Waals surface area (Å²) in [7, 11) is -3.89. The first-order chi connectivity index (χ1) is 6.97. The van der Waals surface area contributed by atoms with Crippen molar-refractivity contribution in [3.05, 3.63) is 24.3 Å². The summed E-state index contributed by atoms with van der Waals surface area (Å²) < 4.78 is 28.0. The van der Waals surface area contributed by atoms with Crippen LogP contribution in [0.1, 0.15) is 13.8 Å². The summed E-state index contributed by atoms with van der Waals surface area (Å²) >= 11 is 0. The summed E-state index contributed by atoms with van der Waals surface area (Å²) in [6.07, 6.45) is -0.139. The van der Waals surface area contributed by atoms with Gasteiger partial charge in [-0.3, -0.25) is 0 Å². The van der Waals surface area contributed by atoms with E-state index in [1.165, 1.54) is 17.0 Å². The third-order valence-electron chi connectivity index (χ3n) is 1.62. The maximum atomic E-state index is 11.4. The highest BCUT2D eigenvalue weighted by molar-refractivity contribution is 7.89. The maximum Gasteiger partial charge on any atom is 0.265 e. The van der Waals surface area contributed by atoms with Crippen LogP contribution in [-0.2, 0) is 10.0 Å². The third kappa shape index (κ3) is 2.92. The average molecular weight is 231 g/mol. The van der Waals surface area contributed by atoms with Crippen LogP contribution in [-0.4, -0.2) is 19.7 Å². The minimum Gasteiger partial charge on any atom is -0.490 e. The van der Waals surface area contributed by atoms with E-state index in [0.29, 0.717) is 0 Å². The van der Waals surface area contributed by atoms with E-state index in [1.807, 2.05) is 0 Å². The number of hydrogen-bond acceptors (Lipinski definition) is 4. The van der Waals surface area contributed by atoms with Gasteiger partial charge in [-0.25, -0.2) is 8.42 Å². The Bertz CT molecular complexity index is 427. The van der Waals surface area contributed by atoms with Crippen LogP contribution in [0.25, 0.3) is 0 Å².